The summed E-state index contributed by atoms with van der Waals surface area (Å²) >= 11 is 11.1. The Morgan fingerprint density at radius 3 is 2.08 bits per heavy atom. The molecule has 0 aliphatic carbocycles. The highest BCUT2D eigenvalue weighted by atomic mass is 79.9. The fourth-order valence-corrected chi connectivity index (χ4v) is 3.34. The number of alkyl halides is 6. The topological polar surface area (TPSA) is 34.9 Å². The number of halogens is 9. The molecule has 24 heavy (non-hydrogen) atoms. The molecule has 1 aromatic heterocycles. The van der Waals surface area contributed by atoms with E-state index in [1.807, 2.05) is 0 Å². The first-order valence-electron chi connectivity index (χ1n) is 5.75. The molecular weight excluding hydrogens is 497 g/mol. The van der Waals surface area contributed by atoms with Gasteiger partial charge in [0.15, 0.2) is 5.69 Å². The highest BCUT2D eigenvalue weighted by molar-refractivity contribution is 9.10. The van der Waals surface area contributed by atoms with Crippen LogP contribution in [0.5, 0.6) is 0 Å². The Labute approximate surface area is 151 Å². The molecule has 0 aliphatic rings. The van der Waals surface area contributed by atoms with Crippen molar-refractivity contribution in [2.75, 3.05) is 0 Å². The molecule has 0 fully saturated rings. The van der Waals surface area contributed by atoms with Crippen LogP contribution >= 0.6 is 43.5 Å². The van der Waals surface area contributed by atoms with Gasteiger partial charge in [-0.05, 0) is 44.0 Å². The van der Waals surface area contributed by atoms with Gasteiger partial charge in [-0.15, -0.1) is 0 Å². The van der Waals surface area contributed by atoms with Gasteiger partial charge < -0.3 is 0 Å². The number of nitrogens with zero attached hydrogens (tertiary/aromatic N) is 2. The Morgan fingerprint density at radius 2 is 1.62 bits per heavy atom. The van der Waals surface area contributed by atoms with Crippen LogP contribution in [-0.2, 0) is 12.4 Å². The third-order valence-corrected chi connectivity index (χ3v) is 4.38. The molecule has 1 aromatic carbocycles. The molecular formula is C12H3Br2ClF6N2O. The van der Waals surface area contributed by atoms with Crippen LogP contribution in [0.1, 0.15) is 11.3 Å². The second kappa shape index (κ2) is 6.34. The Bertz CT molecular complexity index is 839. The summed E-state index contributed by atoms with van der Waals surface area (Å²) in [5.41, 5.74) is -3.99. The molecule has 2 rings (SSSR count). The summed E-state index contributed by atoms with van der Waals surface area (Å²) in [4.78, 5) is 15.2. The lowest BCUT2D eigenvalue weighted by Crippen LogP contribution is -2.25. The molecule has 2 aromatic rings. The lowest BCUT2D eigenvalue weighted by atomic mass is 10.2. The quantitative estimate of drug-likeness (QED) is 0.489. The summed E-state index contributed by atoms with van der Waals surface area (Å²) in [5.74, 6) is 0. The minimum atomic E-state index is -4.88. The van der Waals surface area contributed by atoms with Crippen molar-refractivity contribution in [3.8, 4) is 5.69 Å². The fourth-order valence-electron chi connectivity index (χ4n) is 1.75. The van der Waals surface area contributed by atoms with Crippen LogP contribution in [0.15, 0.2) is 32.2 Å². The van der Waals surface area contributed by atoms with E-state index in [-0.39, 0.29) is 10.2 Å². The van der Waals surface area contributed by atoms with Gasteiger partial charge in [0.2, 0.25) is 0 Å². The molecule has 0 atom stereocenters. The third-order valence-electron chi connectivity index (χ3n) is 2.77. The van der Waals surface area contributed by atoms with E-state index in [4.69, 9.17) is 11.6 Å². The highest BCUT2D eigenvalue weighted by Gasteiger charge is 2.37. The molecule has 0 radical (unpaired) electrons. The average Bonchev–Trinajstić information content (AvgIpc) is 2.40. The maximum absolute atomic E-state index is 12.7. The molecule has 0 N–H and O–H groups in total. The first kappa shape index (κ1) is 19.3. The van der Waals surface area contributed by atoms with Crippen LogP contribution < -0.4 is 5.56 Å². The summed E-state index contributed by atoms with van der Waals surface area (Å²) in [5, 5.41) is -0.493. The number of hydrogen-bond donors (Lipinski definition) is 0. The molecule has 0 amide bonds. The number of aromatic nitrogens is 2. The standard InChI is InChI=1S/C12H3Br2ClF6N2O/c13-5-1-4(11(16,17)18)2-6(15)8(5)23-3-22-9(12(19,20)21)7(14)10(23)24/h1-3H. The Hall–Kier alpha value is -1.07. The SMILES string of the molecule is O=c1c(Br)c(C(F)(F)F)ncn1-c1c(Cl)cc(C(F)(F)F)cc1Br. The van der Waals surface area contributed by atoms with E-state index in [9.17, 15) is 31.1 Å². The fraction of sp³-hybridized carbons (Fsp3) is 0.167. The van der Waals surface area contributed by atoms with E-state index in [2.05, 4.69) is 36.8 Å². The van der Waals surface area contributed by atoms with Crippen molar-refractivity contribution < 1.29 is 26.3 Å². The predicted octanol–water partition coefficient (Wildman–Crippen LogP) is 5.45. The minimum Gasteiger partial charge on any atom is -0.268 e. The summed E-state index contributed by atoms with van der Waals surface area (Å²) in [7, 11) is 0. The van der Waals surface area contributed by atoms with Gasteiger partial charge in [-0.25, -0.2) is 4.98 Å². The Balaban J connectivity index is 2.71. The maximum atomic E-state index is 12.7. The summed E-state index contributed by atoms with van der Waals surface area (Å²) in [6.45, 7) is 0. The van der Waals surface area contributed by atoms with Gasteiger partial charge in [-0.1, -0.05) is 11.6 Å². The monoisotopic (exact) mass is 498 g/mol. The van der Waals surface area contributed by atoms with Gasteiger partial charge in [0, 0.05) is 4.47 Å². The average molecular weight is 500 g/mol. The van der Waals surface area contributed by atoms with Crippen molar-refractivity contribution >= 4 is 43.5 Å². The molecule has 3 nitrogen and oxygen atoms in total. The molecule has 130 valence electrons. The van der Waals surface area contributed by atoms with E-state index in [0.29, 0.717) is 23.0 Å². The van der Waals surface area contributed by atoms with Gasteiger partial charge in [-0.2, -0.15) is 26.3 Å². The van der Waals surface area contributed by atoms with Crippen molar-refractivity contribution in [2.45, 2.75) is 12.4 Å². The number of rotatable bonds is 1. The van der Waals surface area contributed by atoms with Crippen molar-refractivity contribution in [1.82, 2.24) is 9.55 Å². The molecule has 0 bridgehead atoms. The maximum Gasteiger partial charge on any atom is 0.434 e. The summed E-state index contributed by atoms with van der Waals surface area (Å²) < 4.78 is 75.7. The van der Waals surface area contributed by atoms with Crippen LogP contribution in [-0.4, -0.2) is 9.55 Å². The van der Waals surface area contributed by atoms with Crippen molar-refractivity contribution in [3.05, 3.63) is 54.0 Å². The normalized spacial score (nSPS) is 12.5. The molecule has 0 aliphatic heterocycles. The molecule has 0 saturated carbocycles. The van der Waals surface area contributed by atoms with E-state index in [1.165, 1.54) is 0 Å². The summed E-state index contributed by atoms with van der Waals surface area (Å²) in [6.07, 6.45) is -9.03. The molecule has 0 saturated heterocycles. The Morgan fingerprint density at radius 1 is 1.04 bits per heavy atom. The van der Waals surface area contributed by atoms with Crippen molar-refractivity contribution in [2.24, 2.45) is 0 Å². The number of benzene rings is 1. The second-order valence-electron chi connectivity index (χ2n) is 4.37. The Kier molecular flexibility index (Phi) is 5.09. The second-order valence-corrected chi connectivity index (χ2v) is 6.42. The zero-order valence-corrected chi connectivity index (χ0v) is 14.9. The van der Waals surface area contributed by atoms with Crippen LogP contribution in [0.2, 0.25) is 5.02 Å². The zero-order chi connectivity index (χ0) is 18.4. The van der Waals surface area contributed by atoms with Crippen molar-refractivity contribution in [3.63, 3.8) is 0 Å². The third kappa shape index (κ3) is 3.62. The van der Waals surface area contributed by atoms with E-state index in [0.717, 1.165) is 0 Å². The van der Waals surface area contributed by atoms with E-state index in [1.54, 1.807) is 0 Å². The highest BCUT2D eigenvalue weighted by Crippen LogP contribution is 2.38. The lowest BCUT2D eigenvalue weighted by Gasteiger charge is -2.15. The van der Waals surface area contributed by atoms with Crippen LogP contribution in [0.25, 0.3) is 5.69 Å². The molecule has 12 heteroatoms. The molecule has 0 unspecified atom stereocenters. The van der Waals surface area contributed by atoms with Gasteiger partial charge in [0.05, 0.1) is 16.3 Å². The first-order valence-corrected chi connectivity index (χ1v) is 7.71. The number of hydrogen-bond acceptors (Lipinski definition) is 2. The van der Waals surface area contributed by atoms with Gasteiger partial charge in [0.25, 0.3) is 5.56 Å². The van der Waals surface area contributed by atoms with Crippen LogP contribution in [0, 0.1) is 0 Å². The van der Waals surface area contributed by atoms with E-state index < -0.39 is 38.7 Å². The predicted molar refractivity (Wildman–Crippen MR) is 80.2 cm³/mol. The molecule has 1 heterocycles. The van der Waals surface area contributed by atoms with Crippen LogP contribution in [0.3, 0.4) is 0 Å². The first-order chi connectivity index (χ1) is 10.8. The molecule has 0 spiro atoms. The van der Waals surface area contributed by atoms with Gasteiger partial charge in [0.1, 0.15) is 10.8 Å². The summed E-state index contributed by atoms with van der Waals surface area (Å²) in [6, 6.07) is 1.21. The van der Waals surface area contributed by atoms with Crippen LogP contribution in [0.4, 0.5) is 26.3 Å². The van der Waals surface area contributed by atoms with E-state index >= 15 is 0 Å². The zero-order valence-electron chi connectivity index (χ0n) is 10.9. The smallest absolute Gasteiger partial charge is 0.268 e. The largest absolute Gasteiger partial charge is 0.434 e. The van der Waals surface area contributed by atoms with Gasteiger partial charge in [-0.3, -0.25) is 9.36 Å². The minimum absolute atomic E-state index is 0.238. The van der Waals surface area contributed by atoms with Crippen molar-refractivity contribution in [1.29, 1.82) is 0 Å². The lowest BCUT2D eigenvalue weighted by molar-refractivity contribution is -0.142. The van der Waals surface area contributed by atoms with Gasteiger partial charge >= 0.3 is 12.4 Å².